The maximum absolute atomic E-state index is 14.1. The van der Waals surface area contributed by atoms with Crippen molar-refractivity contribution in [1.82, 2.24) is 4.90 Å². The molecule has 3 saturated heterocycles. The van der Waals surface area contributed by atoms with Gasteiger partial charge in [-0.3, -0.25) is 29.0 Å². The highest BCUT2D eigenvalue weighted by atomic mass is 35.5. The van der Waals surface area contributed by atoms with E-state index in [2.05, 4.69) is 4.90 Å². The first-order chi connectivity index (χ1) is 20.1. The van der Waals surface area contributed by atoms with Gasteiger partial charge in [0.15, 0.2) is 9.75 Å². The fourth-order valence-electron chi connectivity index (χ4n) is 7.71. The van der Waals surface area contributed by atoms with Gasteiger partial charge in [0, 0.05) is 31.7 Å². The van der Waals surface area contributed by atoms with Crippen LogP contribution < -0.4 is 9.80 Å². The standard InChI is InChI=1S/C31H29Cl2N3O6/c1-34-28(40)30(32)16-23-21(25(31(30,33)29(34)41)17-3-2-4-20(37)15-17)9-10-22-24(23)27(39)36(26(22)38)19-7-5-18(6-8-19)35-11-13-42-14-12-35/h2-9,15,22-25,37H,10-14,16H2,1H3. The number of likely N-dealkylation sites (tertiary alicyclic amines) is 1. The van der Waals surface area contributed by atoms with E-state index in [0.717, 1.165) is 23.7 Å². The lowest BCUT2D eigenvalue weighted by Crippen LogP contribution is -2.60. The lowest BCUT2D eigenvalue weighted by atomic mass is 9.56. The molecule has 3 aliphatic heterocycles. The van der Waals surface area contributed by atoms with Crippen molar-refractivity contribution >= 4 is 58.2 Å². The van der Waals surface area contributed by atoms with Gasteiger partial charge in [-0.15, -0.1) is 23.2 Å². The molecule has 3 heterocycles. The first-order valence-corrected chi connectivity index (χ1v) is 14.8. The fourth-order valence-corrected chi connectivity index (χ4v) is 8.73. The minimum atomic E-state index is -1.87. The van der Waals surface area contributed by atoms with Crippen LogP contribution >= 0.6 is 23.2 Å². The van der Waals surface area contributed by atoms with Gasteiger partial charge in [0.05, 0.1) is 30.7 Å². The summed E-state index contributed by atoms with van der Waals surface area (Å²) in [5.41, 5.74) is 2.67. The second-order valence-corrected chi connectivity index (χ2v) is 13.0. The van der Waals surface area contributed by atoms with Crippen LogP contribution in [0, 0.1) is 17.8 Å². The van der Waals surface area contributed by atoms with Crippen molar-refractivity contribution in [3.63, 3.8) is 0 Å². The van der Waals surface area contributed by atoms with Crippen LogP contribution in [0.3, 0.4) is 0 Å². The first-order valence-electron chi connectivity index (χ1n) is 14.1. The minimum absolute atomic E-state index is 0.0340. The van der Waals surface area contributed by atoms with Gasteiger partial charge in [-0.25, -0.2) is 0 Å². The van der Waals surface area contributed by atoms with Crippen molar-refractivity contribution in [1.29, 1.82) is 0 Å². The highest BCUT2D eigenvalue weighted by Gasteiger charge is 2.75. The van der Waals surface area contributed by atoms with Gasteiger partial charge in [0.25, 0.3) is 11.8 Å². The average Bonchev–Trinajstić information content (AvgIpc) is 3.32. The predicted octanol–water partition coefficient (Wildman–Crippen LogP) is 3.42. The van der Waals surface area contributed by atoms with E-state index < -0.39 is 45.2 Å². The molecule has 4 fully saturated rings. The number of rotatable bonds is 3. The van der Waals surface area contributed by atoms with E-state index >= 15 is 0 Å². The first kappa shape index (κ1) is 27.4. The molecule has 2 aromatic rings. The van der Waals surface area contributed by atoms with E-state index in [0.29, 0.717) is 30.0 Å². The van der Waals surface area contributed by atoms with Gasteiger partial charge in [0.1, 0.15) is 5.75 Å². The second kappa shape index (κ2) is 9.56. The summed E-state index contributed by atoms with van der Waals surface area (Å²) in [7, 11) is 1.35. The van der Waals surface area contributed by atoms with Crippen molar-refractivity contribution in [2.24, 2.45) is 17.8 Å². The molecule has 1 N–H and O–H groups in total. The number of nitrogens with zero attached hydrogens (tertiary/aromatic N) is 3. The number of ether oxygens (including phenoxy) is 1. The molecule has 0 aromatic heterocycles. The number of morpholine rings is 1. The Morgan fingerprint density at radius 3 is 2.29 bits per heavy atom. The Labute approximate surface area is 252 Å². The van der Waals surface area contributed by atoms with E-state index in [4.69, 9.17) is 27.9 Å². The number of fused-ring (bicyclic) bond motifs is 4. The molecule has 6 unspecified atom stereocenters. The highest BCUT2D eigenvalue weighted by molar-refractivity contribution is 6.53. The number of phenols is 1. The molecule has 1 saturated carbocycles. The Bertz CT molecular complexity index is 1560. The molecule has 42 heavy (non-hydrogen) atoms. The number of benzene rings is 2. The van der Waals surface area contributed by atoms with Crippen LogP contribution in [0.15, 0.2) is 60.2 Å². The Hall–Kier alpha value is -3.40. The van der Waals surface area contributed by atoms with E-state index in [9.17, 15) is 24.3 Å². The highest BCUT2D eigenvalue weighted by Crippen LogP contribution is 2.65. The average molecular weight is 610 g/mol. The van der Waals surface area contributed by atoms with Crippen molar-refractivity contribution in [2.75, 3.05) is 43.2 Å². The summed E-state index contributed by atoms with van der Waals surface area (Å²) >= 11 is 14.3. The molecule has 2 aromatic carbocycles. The number of imide groups is 2. The smallest absolute Gasteiger partial charge is 0.253 e. The van der Waals surface area contributed by atoms with Crippen molar-refractivity contribution in [2.45, 2.75) is 28.5 Å². The summed E-state index contributed by atoms with van der Waals surface area (Å²) in [5, 5.41) is 10.3. The van der Waals surface area contributed by atoms with Crippen LogP contribution in [0.25, 0.3) is 0 Å². The van der Waals surface area contributed by atoms with E-state index in [1.807, 2.05) is 18.2 Å². The molecular weight excluding hydrogens is 581 g/mol. The van der Waals surface area contributed by atoms with Gasteiger partial charge in [-0.05, 0) is 60.7 Å². The third-order valence-corrected chi connectivity index (χ3v) is 11.1. The molecule has 6 atom stereocenters. The zero-order valence-electron chi connectivity index (χ0n) is 22.8. The number of phenolic OH excluding ortho intramolecular Hbond substituents is 1. The summed E-state index contributed by atoms with van der Waals surface area (Å²) in [4.78, 5) is 55.7. The molecule has 2 aliphatic carbocycles. The summed E-state index contributed by atoms with van der Waals surface area (Å²) in [6.45, 7) is 2.81. The quantitative estimate of drug-likeness (QED) is 0.323. The Morgan fingerprint density at radius 2 is 1.60 bits per heavy atom. The Morgan fingerprint density at radius 1 is 0.905 bits per heavy atom. The summed E-state index contributed by atoms with van der Waals surface area (Å²) in [5.74, 6) is -4.88. The number of halogens is 2. The maximum atomic E-state index is 14.1. The van der Waals surface area contributed by atoms with Crippen LogP contribution in [0.4, 0.5) is 11.4 Å². The second-order valence-electron chi connectivity index (χ2n) is 11.7. The van der Waals surface area contributed by atoms with Crippen LogP contribution in [0.2, 0.25) is 0 Å². The third kappa shape index (κ3) is 3.59. The Kier molecular flexibility index (Phi) is 6.24. The van der Waals surface area contributed by atoms with Gasteiger partial charge in [-0.2, -0.15) is 0 Å². The minimum Gasteiger partial charge on any atom is -0.508 e. The van der Waals surface area contributed by atoms with E-state index in [1.165, 1.54) is 24.1 Å². The number of allylic oxidation sites excluding steroid dienone is 2. The van der Waals surface area contributed by atoms with Crippen LogP contribution in [0.5, 0.6) is 5.75 Å². The van der Waals surface area contributed by atoms with Crippen LogP contribution in [-0.4, -0.2) is 76.7 Å². The van der Waals surface area contributed by atoms with Crippen molar-refractivity contribution in [3.05, 3.63) is 65.7 Å². The summed E-state index contributed by atoms with van der Waals surface area (Å²) in [6.07, 6.45) is 2.09. The molecule has 4 amide bonds. The molecule has 5 aliphatic rings. The van der Waals surface area contributed by atoms with Gasteiger partial charge >= 0.3 is 0 Å². The van der Waals surface area contributed by atoms with Crippen molar-refractivity contribution < 1.29 is 29.0 Å². The largest absolute Gasteiger partial charge is 0.508 e. The molecule has 0 spiro atoms. The zero-order valence-corrected chi connectivity index (χ0v) is 24.3. The number of anilines is 2. The number of amides is 4. The molecule has 11 heteroatoms. The molecule has 7 rings (SSSR count). The summed E-state index contributed by atoms with van der Waals surface area (Å²) < 4.78 is 5.43. The van der Waals surface area contributed by atoms with Crippen molar-refractivity contribution in [3.8, 4) is 5.75 Å². The fraction of sp³-hybridized carbons (Fsp3) is 0.419. The van der Waals surface area contributed by atoms with Crippen LogP contribution in [0.1, 0.15) is 24.3 Å². The Balaban J connectivity index is 1.28. The number of aromatic hydroxyl groups is 1. The predicted molar refractivity (Wildman–Crippen MR) is 156 cm³/mol. The lowest BCUT2D eigenvalue weighted by Gasteiger charge is -2.50. The molecular formula is C31H29Cl2N3O6. The van der Waals surface area contributed by atoms with Gasteiger partial charge in [-0.1, -0.05) is 23.8 Å². The molecule has 9 nitrogen and oxygen atoms in total. The van der Waals surface area contributed by atoms with E-state index in [1.54, 1.807) is 24.3 Å². The third-order valence-electron chi connectivity index (χ3n) is 9.70. The number of hydrogen-bond acceptors (Lipinski definition) is 7. The number of carbonyl (C=O) groups is 4. The maximum Gasteiger partial charge on any atom is 0.253 e. The number of hydrogen-bond donors (Lipinski definition) is 1. The topological polar surface area (TPSA) is 107 Å². The van der Waals surface area contributed by atoms with Gasteiger partial charge < -0.3 is 14.7 Å². The lowest BCUT2D eigenvalue weighted by molar-refractivity contribution is -0.138. The van der Waals surface area contributed by atoms with E-state index in [-0.39, 0.29) is 30.4 Å². The van der Waals surface area contributed by atoms with Crippen LogP contribution in [-0.2, 0) is 23.9 Å². The molecule has 0 radical (unpaired) electrons. The summed E-state index contributed by atoms with van der Waals surface area (Å²) in [6, 6.07) is 13.7. The number of alkyl halides is 2. The number of carbonyl (C=O) groups excluding carboxylic acids is 4. The SMILES string of the molecule is CN1C(=O)C2(Cl)CC3C(=CCC4C(=O)N(c5ccc(N6CCOCC6)cc5)C(=O)C43)C(c3cccc(O)c3)C2(Cl)C1=O. The normalized spacial score (nSPS) is 34.4. The van der Waals surface area contributed by atoms with Gasteiger partial charge in [0.2, 0.25) is 11.8 Å². The molecule has 218 valence electrons. The molecule has 0 bridgehead atoms. The monoisotopic (exact) mass is 609 g/mol. The zero-order chi connectivity index (χ0) is 29.6.